The quantitative estimate of drug-likeness (QED) is 0.302. The molecule has 0 amide bonds. The highest BCUT2D eigenvalue weighted by Gasteiger charge is 2.47. The molecule has 0 bridgehead atoms. The van der Waals surface area contributed by atoms with Crippen molar-refractivity contribution in [1.29, 1.82) is 0 Å². The van der Waals surface area contributed by atoms with E-state index in [1.165, 1.54) is 6.07 Å². The molecule has 0 saturated heterocycles. The highest BCUT2D eigenvalue weighted by atomic mass is 35.5. The van der Waals surface area contributed by atoms with Crippen LogP contribution >= 0.6 is 11.6 Å². The number of methoxy groups -OCH3 is 1. The standard InChI is InChI=1S/C23H27ClF2N4O3/c1-13-29-19-11-18(24)20(33-6-5-32-4)10-17(19)21(30-13)28-12-14-7-15(9-16(27)8-14)23(25,26)22(2,3)31/h7-11,31H,5-6,12,27H2,1-4H3,(H,28,29,30). The van der Waals surface area contributed by atoms with E-state index in [0.29, 0.717) is 52.1 Å². The molecular formula is C23H27ClF2N4O3. The molecule has 33 heavy (non-hydrogen) atoms. The number of fused-ring (bicyclic) bond motifs is 1. The number of rotatable bonds is 9. The average Bonchev–Trinajstić information content (AvgIpc) is 2.71. The molecule has 7 nitrogen and oxygen atoms in total. The van der Waals surface area contributed by atoms with E-state index in [9.17, 15) is 13.9 Å². The predicted octanol–water partition coefficient (Wildman–Crippen LogP) is 4.67. The first-order valence-corrected chi connectivity index (χ1v) is 10.6. The summed E-state index contributed by atoms with van der Waals surface area (Å²) in [5.74, 6) is -2.03. The van der Waals surface area contributed by atoms with Crippen molar-refractivity contribution in [1.82, 2.24) is 9.97 Å². The summed E-state index contributed by atoms with van der Waals surface area (Å²) in [6.07, 6.45) is 0. The molecule has 4 N–H and O–H groups in total. The van der Waals surface area contributed by atoms with Crippen LogP contribution in [0, 0.1) is 6.92 Å². The Morgan fingerprint density at radius 2 is 1.85 bits per heavy atom. The summed E-state index contributed by atoms with van der Waals surface area (Å²) in [5.41, 5.74) is 4.53. The van der Waals surface area contributed by atoms with E-state index < -0.39 is 11.5 Å². The van der Waals surface area contributed by atoms with Crippen LogP contribution in [-0.4, -0.2) is 41.0 Å². The van der Waals surface area contributed by atoms with E-state index in [1.807, 2.05) is 0 Å². The van der Waals surface area contributed by atoms with Gasteiger partial charge in [-0.3, -0.25) is 0 Å². The maximum Gasteiger partial charge on any atom is 0.300 e. The van der Waals surface area contributed by atoms with Crippen molar-refractivity contribution < 1.29 is 23.4 Å². The highest BCUT2D eigenvalue weighted by Crippen LogP contribution is 2.40. The Morgan fingerprint density at radius 3 is 2.52 bits per heavy atom. The monoisotopic (exact) mass is 480 g/mol. The number of aryl methyl sites for hydroxylation is 1. The Labute approximate surface area is 195 Å². The summed E-state index contributed by atoms with van der Waals surface area (Å²) in [6, 6.07) is 7.47. The van der Waals surface area contributed by atoms with Gasteiger partial charge in [0.25, 0.3) is 0 Å². The molecule has 2 aromatic carbocycles. The normalized spacial score (nSPS) is 12.2. The second-order valence-electron chi connectivity index (χ2n) is 8.21. The number of benzene rings is 2. The smallest absolute Gasteiger partial charge is 0.300 e. The largest absolute Gasteiger partial charge is 0.490 e. The van der Waals surface area contributed by atoms with Crippen molar-refractivity contribution in [3.05, 3.63) is 52.3 Å². The highest BCUT2D eigenvalue weighted by molar-refractivity contribution is 6.32. The lowest BCUT2D eigenvalue weighted by Gasteiger charge is -2.29. The molecule has 0 saturated carbocycles. The number of aliphatic hydroxyl groups is 1. The average molecular weight is 481 g/mol. The first-order chi connectivity index (χ1) is 15.4. The number of nitrogens with zero attached hydrogens (tertiary/aromatic N) is 2. The predicted molar refractivity (Wildman–Crippen MR) is 125 cm³/mol. The molecule has 0 atom stereocenters. The van der Waals surface area contributed by atoms with Gasteiger partial charge in [-0.05, 0) is 56.7 Å². The number of hydrogen-bond acceptors (Lipinski definition) is 7. The van der Waals surface area contributed by atoms with Gasteiger partial charge in [0.15, 0.2) is 0 Å². The summed E-state index contributed by atoms with van der Waals surface area (Å²) in [4.78, 5) is 8.87. The van der Waals surface area contributed by atoms with Gasteiger partial charge in [-0.1, -0.05) is 11.6 Å². The number of aromatic nitrogens is 2. The fraction of sp³-hybridized carbons (Fsp3) is 0.391. The SMILES string of the molecule is COCCOc1cc2c(NCc3cc(N)cc(C(F)(F)C(C)(C)O)c3)nc(C)nc2cc1Cl. The molecule has 10 heteroatoms. The summed E-state index contributed by atoms with van der Waals surface area (Å²) in [5, 5.41) is 14.1. The van der Waals surface area contributed by atoms with Crippen LogP contribution in [0.3, 0.4) is 0 Å². The van der Waals surface area contributed by atoms with Gasteiger partial charge < -0.3 is 25.6 Å². The minimum absolute atomic E-state index is 0.161. The third kappa shape index (κ3) is 5.61. The third-order valence-electron chi connectivity index (χ3n) is 5.01. The van der Waals surface area contributed by atoms with Crippen molar-refractivity contribution in [3.63, 3.8) is 0 Å². The van der Waals surface area contributed by atoms with Crippen molar-refractivity contribution in [2.24, 2.45) is 0 Å². The number of alkyl halides is 2. The lowest BCUT2D eigenvalue weighted by molar-refractivity contribution is -0.168. The minimum atomic E-state index is -3.49. The maximum atomic E-state index is 14.7. The molecular weight excluding hydrogens is 454 g/mol. The van der Waals surface area contributed by atoms with Crippen LogP contribution < -0.4 is 15.8 Å². The topological polar surface area (TPSA) is 103 Å². The minimum Gasteiger partial charge on any atom is -0.490 e. The van der Waals surface area contributed by atoms with Crippen LogP contribution in [0.15, 0.2) is 30.3 Å². The van der Waals surface area contributed by atoms with Gasteiger partial charge in [-0.15, -0.1) is 0 Å². The summed E-state index contributed by atoms with van der Waals surface area (Å²) >= 11 is 6.32. The number of nitrogens with one attached hydrogen (secondary N) is 1. The van der Waals surface area contributed by atoms with E-state index in [0.717, 1.165) is 19.9 Å². The first kappa shape index (κ1) is 24.9. The Bertz CT molecular complexity index is 1150. The summed E-state index contributed by atoms with van der Waals surface area (Å²) < 4.78 is 40.0. The van der Waals surface area contributed by atoms with Crippen LogP contribution in [0.2, 0.25) is 5.02 Å². The first-order valence-electron chi connectivity index (χ1n) is 10.3. The van der Waals surface area contributed by atoms with Crippen LogP contribution in [0.25, 0.3) is 10.9 Å². The van der Waals surface area contributed by atoms with E-state index >= 15 is 0 Å². The molecule has 0 spiro atoms. The lowest BCUT2D eigenvalue weighted by Crippen LogP contribution is -2.40. The van der Waals surface area contributed by atoms with Crippen LogP contribution in [0.4, 0.5) is 20.3 Å². The lowest BCUT2D eigenvalue weighted by atomic mass is 9.92. The molecule has 1 aromatic heterocycles. The fourth-order valence-corrected chi connectivity index (χ4v) is 3.48. The van der Waals surface area contributed by atoms with E-state index in [2.05, 4.69) is 15.3 Å². The second kappa shape index (κ2) is 9.62. The number of hydrogen-bond donors (Lipinski definition) is 3. The number of nitrogen functional groups attached to an aromatic ring is 1. The molecule has 0 unspecified atom stereocenters. The Morgan fingerprint density at radius 1 is 1.12 bits per heavy atom. The molecule has 0 aliphatic heterocycles. The number of ether oxygens (including phenoxy) is 2. The zero-order chi connectivity index (χ0) is 24.4. The van der Waals surface area contributed by atoms with Crippen LogP contribution in [0.1, 0.15) is 30.8 Å². The Balaban J connectivity index is 1.93. The molecule has 0 fully saturated rings. The molecule has 1 heterocycles. The molecule has 3 rings (SSSR count). The van der Waals surface area contributed by atoms with Gasteiger partial charge in [0.05, 0.1) is 17.1 Å². The maximum absolute atomic E-state index is 14.7. The van der Waals surface area contributed by atoms with E-state index in [4.69, 9.17) is 26.8 Å². The van der Waals surface area contributed by atoms with Gasteiger partial charge in [0, 0.05) is 30.3 Å². The second-order valence-corrected chi connectivity index (χ2v) is 8.62. The zero-order valence-corrected chi connectivity index (χ0v) is 19.6. The number of nitrogens with two attached hydrogens (primary N) is 1. The van der Waals surface area contributed by atoms with Crippen LogP contribution in [-0.2, 0) is 17.2 Å². The third-order valence-corrected chi connectivity index (χ3v) is 5.31. The van der Waals surface area contributed by atoms with Crippen molar-refractivity contribution >= 4 is 34.0 Å². The Kier molecular flexibility index (Phi) is 7.26. The van der Waals surface area contributed by atoms with Crippen molar-refractivity contribution in [3.8, 4) is 5.75 Å². The molecule has 178 valence electrons. The van der Waals surface area contributed by atoms with E-state index in [1.54, 1.807) is 32.2 Å². The fourth-order valence-electron chi connectivity index (χ4n) is 3.27. The zero-order valence-electron chi connectivity index (χ0n) is 18.9. The van der Waals surface area contributed by atoms with Crippen molar-refractivity contribution in [2.75, 3.05) is 31.4 Å². The van der Waals surface area contributed by atoms with Crippen molar-refractivity contribution in [2.45, 2.75) is 38.8 Å². The molecule has 0 aliphatic carbocycles. The van der Waals surface area contributed by atoms with Gasteiger partial charge in [-0.2, -0.15) is 8.78 Å². The van der Waals surface area contributed by atoms with E-state index in [-0.39, 0.29) is 17.8 Å². The summed E-state index contributed by atoms with van der Waals surface area (Å²) in [7, 11) is 1.57. The van der Waals surface area contributed by atoms with Gasteiger partial charge >= 0.3 is 5.92 Å². The van der Waals surface area contributed by atoms with Crippen LogP contribution in [0.5, 0.6) is 5.75 Å². The van der Waals surface area contributed by atoms with Gasteiger partial charge in [0.2, 0.25) is 0 Å². The Hall–Kier alpha value is -2.75. The van der Waals surface area contributed by atoms with Gasteiger partial charge in [0.1, 0.15) is 29.6 Å². The molecule has 0 radical (unpaired) electrons. The number of anilines is 2. The number of halogens is 3. The van der Waals surface area contributed by atoms with Gasteiger partial charge in [-0.25, -0.2) is 9.97 Å². The molecule has 0 aliphatic rings. The molecule has 3 aromatic rings. The summed E-state index contributed by atoms with van der Waals surface area (Å²) in [6.45, 7) is 4.73.